The summed E-state index contributed by atoms with van der Waals surface area (Å²) in [6.07, 6.45) is 0. The van der Waals surface area contributed by atoms with Crippen molar-refractivity contribution in [2.24, 2.45) is 5.16 Å². The van der Waals surface area contributed by atoms with E-state index in [9.17, 15) is 13.6 Å². The molecule has 0 aliphatic carbocycles. The van der Waals surface area contributed by atoms with Crippen LogP contribution in [-0.4, -0.2) is 25.8 Å². The van der Waals surface area contributed by atoms with Gasteiger partial charge in [0.1, 0.15) is 19.5 Å². The second-order valence-electron chi connectivity index (χ2n) is 4.72. The van der Waals surface area contributed by atoms with Crippen molar-refractivity contribution in [3.63, 3.8) is 0 Å². The van der Waals surface area contributed by atoms with Gasteiger partial charge in [-0.05, 0) is 17.7 Å². The number of likely N-dealkylation sites (N-methyl/N-ethyl adjacent to an activating group) is 1. The van der Waals surface area contributed by atoms with E-state index in [1.807, 2.05) is 0 Å². The Morgan fingerprint density at radius 1 is 1.21 bits per heavy atom. The number of rotatable bonds is 6. The van der Waals surface area contributed by atoms with E-state index in [4.69, 9.17) is 9.57 Å². The Balaban J connectivity index is 2.28. The number of hydrogen-bond acceptors (Lipinski definition) is 4. The Labute approximate surface area is 137 Å². The van der Waals surface area contributed by atoms with Gasteiger partial charge in [0.25, 0.3) is 5.91 Å². The fourth-order valence-corrected chi connectivity index (χ4v) is 2.05. The van der Waals surface area contributed by atoms with Crippen LogP contribution < -0.4 is 10.1 Å². The molecule has 1 amide bonds. The molecule has 0 fully saturated rings. The minimum Gasteiger partial charge on any atom is -0.486 e. The molecule has 0 aromatic heterocycles. The molecule has 2 aromatic carbocycles. The number of amides is 1. The average Bonchev–Trinajstić information content (AvgIpc) is 2.59. The molecule has 0 aliphatic rings. The molecule has 0 heterocycles. The Morgan fingerprint density at radius 3 is 2.62 bits per heavy atom. The van der Waals surface area contributed by atoms with E-state index in [0.717, 1.165) is 12.1 Å². The van der Waals surface area contributed by atoms with Crippen LogP contribution in [0.15, 0.2) is 47.6 Å². The molecule has 24 heavy (non-hydrogen) atoms. The summed E-state index contributed by atoms with van der Waals surface area (Å²) in [5.41, 5.74) is 1.15. The maximum atomic E-state index is 13.6. The van der Waals surface area contributed by atoms with Crippen LogP contribution in [-0.2, 0) is 16.2 Å². The first-order valence-corrected chi connectivity index (χ1v) is 7.06. The van der Waals surface area contributed by atoms with Crippen molar-refractivity contribution in [1.29, 1.82) is 0 Å². The van der Waals surface area contributed by atoms with E-state index in [1.54, 1.807) is 24.3 Å². The molecule has 2 rings (SSSR count). The van der Waals surface area contributed by atoms with Crippen molar-refractivity contribution in [3.05, 3.63) is 65.2 Å². The van der Waals surface area contributed by atoms with Crippen LogP contribution in [0.4, 0.5) is 8.78 Å². The zero-order chi connectivity index (χ0) is 17.5. The number of carbonyl (C=O) groups is 1. The highest BCUT2D eigenvalue weighted by Gasteiger charge is 2.17. The third-order valence-corrected chi connectivity index (χ3v) is 3.17. The molecule has 1 N–H and O–H groups in total. The molecule has 0 aliphatic heterocycles. The predicted octanol–water partition coefficient (Wildman–Crippen LogP) is 2.64. The first-order chi connectivity index (χ1) is 11.6. The van der Waals surface area contributed by atoms with E-state index in [0.29, 0.717) is 11.1 Å². The number of halogens is 2. The van der Waals surface area contributed by atoms with E-state index in [1.165, 1.54) is 20.2 Å². The first-order valence-electron chi connectivity index (χ1n) is 7.06. The second kappa shape index (κ2) is 8.05. The van der Waals surface area contributed by atoms with Gasteiger partial charge < -0.3 is 14.9 Å². The number of oxime groups is 1. The number of ether oxygens (including phenoxy) is 1. The molecule has 5 nitrogen and oxygen atoms in total. The molecular weight excluding hydrogens is 318 g/mol. The van der Waals surface area contributed by atoms with E-state index in [-0.39, 0.29) is 18.1 Å². The van der Waals surface area contributed by atoms with Crippen LogP contribution in [0.25, 0.3) is 0 Å². The second-order valence-corrected chi connectivity index (χ2v) is 4.72. The van der Waals surface area contributed by atoms with Crippen LogP contribution in [0.3, 0.4) is 0 Å². The summed E-state index contributed by atoms with van der Waals surface area (Å²) in [6.45, 7) is -0.0293. The SMILES string of the molecule is CNC(=O)C(=NOC)c1ccccc1COc1ccc(F)cc1F. The van der Waals surface area contributed by atoms with Crippen LogP contribution in [0, 0.1) is 11.6 Å². The molecule has 0 spiro atoms. The van der Waals surface area contributed by atoms with Crippen molar-refractivity contribution in [1.82, 2.24) is 5.32 Å². The smallest absolute Gasteiger partial charge is 0.273 e. The Bertz CT molecular complexity index is 763. The van der Waals surface area contributed by atoms with Gasteiger partial charge in [-0.15, -0.1) is 0 Å². The number of benzene rings is 2. The van der Waals surface area contributed by atoms with Crippen molar-refractivity contribution in [3.8, 4) is 5.75 Å². The molecular formula is C17H16F2N2O3. The largest absolute Gasteiger partial charge is 0.486 e. The van der Waals surface area contributed by atoms with E-state index < -0.39 is 17.5 Å². The standard InChI is InChI=1S/C17H16F2N2O3/c1-20-17(22)16(21-23-2)13-6-4-3-5-11(13)10-24-15-8-7-12(18)9-14(15)19/h3-9H,10H2,1-2H3,(H,20,22). The Morgan fingerprint density at radius 2 is 1.96 bits per heavy atom. The van der Waals surface area contributed by atoms with Gasteiger partial charge in [0.2, 0.25) is 0 Å². The highest BCUT2D eigenvalue weighted by atomic mass is 19.1. The monoisotopic (exact) mass is 334 g/mol. The number of nitrogens with zero attached hydrogens (tertiary/aromatic N) is 1. The third-order valence-electron chi connectivity index (χ3n) is 3.17. The number of carbonyl (C=O) groups excluding carboxylic acids is 1. The lowest BCUT2D eigenvalue weighted by Gasteiger charge is -2.12. The molecule has 0 unspecified atom stereocenters. The van der Waals surface area contributed by atoms with Crippen molar-refractivity contribution < 1.29 is 23.1 Å². The summed E-state index contributed by atoms with van der Waals surface area (Å²) < 4.78 is 32.0. The maximum absolute atomic E-state index is 13.6. The average molecular weight is 334 g/mol. The van der Waals surface area contributed by atoms with E-state index in [2.05, 4.69) is 10.5 Å². The highest BCUT2D eigenvalue weighted by Crippen LogP contribution is 2.20. The van der Waals surface area contributed by atoms with Crippen LogP contribution in [0.5, 0.6) is 5.75 Å². The Kier molecular flexibility index (Phi) is 5.83. The predicted molar refractivity (Wildman–Crippen MR) is 84.7 cm³/mol. The topological polar surface area (TPSA) is 59.9 Å². The number of nitrogens with one attached hydrogen (secondary N) is 1. The minimum absolute atomic E-state index is 0.0293. The van der Waals surface area contributed by atoms with Gasteiger partial charge in [-0.1, -0.05) is 29.4 Å². The summed E-state index contributed by atoms with van der Waals surface area (Å²) in [4.78, 5) is 16.7. The van der Waals surface area contributed by atoms with Gasteiger partial charge in [0.15, 0.2) is 17.3 Å². The molecule has 2 aromatic rings. The normalized spacial score (nSPS) is 11.1. The minimum atomic E-state index is -0.801. The summed E-state index contributed by atoms with van der Waals surface area (Å²) >= 11 is 0. The summed E-state index contributed by atoms with van der Waals surface area (Å²) in [5, 5.41) is 6.21. The maximum Gasteiger partial charge on any atom is 0.273 e. The van der Waals surface area contributed by atoms with Crippen LogP contribution in [0.2, 0.25) is 0 Å². The molecule has 126 valence electrons. The summed E-state index contributed by atoms with van der Waals surface area (Å²) in [7, 11) is 2.80. The van der Waals surface area contributed by atoms with Crippen LogP contribution in [0.1, 0.15) is 11.1 Å². The number of hydrogen-bond donors (Lipinski definition) is 1. The van der Waals surface area contributed by atoms with Gasteiger partial charge in [0, 0.05) is 18.7 Å². The molecule has 0 saturated carbocycles. The lowest BCUT2D eigenvalue weighted by molar-refractivity contribution is -0.114. The fourth-order valence-electron chi connectivity index (χ4n) is 2.05. The quantitative estimate of drug-likeness (QED) is 0.653. The molecule has 0 bridgehead atoms. The fraction of sp³-hybridized carbons (Fsp3) is 0.176. The van der Waals surface area contributed by atoms with Gasteiger partial charge in [-0.3, -0.25) is 4.79 Å². The summed E-state index contributed by atoms with van der Waals surface area (Å²) in [5.74, 6) is -2.01. The van der Waals surface area contributed by atoms with Gasteiger partial charge >= 0.3 is 0 Å². The van der Waals surface area contributed by atoms with Gasteiger partial charge in [-0.25, -0.2) is 8.78 Å². The van der Waals surface area contributed by atoms with Crippen molar-refractivity contribution in [2.45, 2.75) is 6.61 Å². The van der Waals surface area contributed by atoms with Gasteiger partial charge in [0.05, 0.1) is 0 Å². The molecule has 0 radical (unpaired) electrons. The third kappa shape index (κ3) is 4.07. The van der Waals surface area contributed by atoms with Gasteiger partial charge in [-0.2, -0.15) is 0 Å². The van der Waals surface area contributed by atoms with Crippen molar-refractivity contribution in [2.75, 3.05) is 14.2 Å². The zero-order valence-electron chi connectivity index (χ0n) is 13.2. The molecule has 0 saturated heterocycles. The van der Waals surface area contributed by atoms with E-state index >= 15 is 0 Å². The lowest BCUT2D eigenvalue weighted by atomic mass is 10.0. The highest BCUT2D eigenvalue weighted by molar-refractivity contribution is 6.45. The molecule has 7 heteroatoms. The molecule has 0 atom stereocenters. The Hall–Kier alpha value is -2.96. The van der Waals surface area contributed by atoms with Crippen LogP contribution >= 0.6 is 0 Å². The zero-order valence-corrected chi connectivity index (χ0v) is 13.2. The summed E-state index contributed by atoms with van der Waals surface area (Å²) in [6, 6.07) is 9.91. The van der Waals surface area contributed by atoms with Crippen molar-refractivity contribution >= 4 is 11.6 Å². The lowest BCUT2D eigenvalue weighted by Crippen LogP contribution is -2.29. The first kappa shape index (κ1) is 17.4.